The van der Waals surface area contributed by atoms with Crippen LogP contribution >= 0.6 is 22.9 Å². The van der Waals surface area contributed by atoms with Crippen LogP contribution in [-0.2, 0) is 16.0 Å². The van der Waals surface area contributed by atoms with E-state index < -0.39 is 0 Å². The average Bonchev–Trinajstić information content (AvgIpc) is 3.28. The highest BCUT2D eigenvalue weighted by Gasteiger charge is 2.58. The Labute approximate surface area is 197 Å². The molecule has 170 valence electrons. The van der Waals surface area contributed by atoms with Crippen molar-refractivity contribution in [1.82, 2.24) is 4.98 Å². The molecule has 0 bridgehead atoms. The number of aromatic hydroxyl groups is 1. The van der Waals surface area contributed by atoms with E-state index in [1.54, 1.807) is 12.3 Å². The smallest absolute Gasteiger partial charge is 0.226 e. The molecule has 1 aromatic carbocycles. The van der Waals surface area contributed by atoms with Crippen molar-refractivity contribution in [3.63, 3.8) is 0 Å². The number of anilines is 1. The number of benzene rings is 1. The van der Waals surface area contributed by atoms with E-state index in [0.717, 1.165) is 42.5 Å². The van der Waals surface area contributed by atoms with Gasteiger partial charge in [-0.2, -0.15) is 0 Å². The van der Waals surface area contributed by atoms with Gasteiger partial charge >= 0.3 is 0 Å². The fourth-order valence-corrected chi connectivity index (χ4v) is 7.80. The number of rotatable bonds is 4. The molecule has 3 aliphatic carbocycles. The van der Waals surface area contributed by atoms with Gasteiger partial charge in [0.2, 0.25) is 5.91 Å². The molecule has 0 unspecified atom stereocenters. The zero-order valence-corrected chi connectivity index (χ0v) is 20.1. The SMILES string of the molecule is Cc1cnc(NC(=O)CC[C@@H]2CC(=O)[C@@]3(C)CC[C@@H]4c5ccc(O)c(Cl)c5CC[C@H]4[C@H]23)s1. The number of halogens is 1. The van der Waals surface area contributed by atoms with Crippen LogP contribution in [0.2, 0.25) is 5.02 Å². The molecule has 0 spiro atoms. The molecule has 0 saturated heterocycles. The zero-order chi connectivity index (χ0) is 22.6. The van der Waals surface area contributed by atoms with Gasteiger partial charge in [-0.15, -0.1) is 11.3 Å². The highest BCUT2D eigenvalue weighted by Crippen LogP contribution is 2.62. The summed E-state index contributed by atoms with van der Waals surface area (Å²) in [6.45, 7) is 4.13. The lowest BCUT2D eigenvalue weighted by atomic mass is 9.54. The quantitative estimate of drug-likeness (QED) is 0.582. The summed E-state index contributed by atoms with van der Waals surface area (Å²) >= 11 is 7.91. The van der Waals surface area contributed by atoms with Gasteiger partial charge < -0.3 is 10.4 Å². The number of nitrogens with one attached hydrogen (secondary N) is 1. The molecule has 5 nitrogen and oxygen atoms in total. The maximum absolute atomic E-state index is 13.1. The number of amides is 1. The molecule has 1 heterocycles. The van der Waals surface area contributed by atoms with Crippen LogP contribution in [0.4, 0.5) is 5.13 Å². The van der Waals surface area contributed by atoms with Gasteiger partial charge in [0.15, 0.2) is 5.13 Å². The third-order valence-electron chi connectivity index (χ3n) is 8.28. The third kappa shape index (κ3) is 3.56. The number of aromatic nitrogens is 1. The molecule has 0 aliphatic heterocycles. The van der Waals surface area contributed by atoms with Crippen LogP contribution in [0.25, 0.3) is 0 Å². The van der Waals surface area contributed by atoms with Crippen LogP contribution in [0.15, 0.2) is 18.3 Å². The fraction of sp³-hybridized carbons (Fsp3) is 0.560. The van der Waals surface area contributed by atoms with E-state index >= 15 is 0 Å². The lowest BCUT2D eigenvalue weighted by Crippen LogP contribution is -2.44. The minimum absolute atomic E-state index is 0.0241. The van der Waals surface area contributed by atoms with Crippen molar-refractivity contribution in [3.05, 3.63) is 39.4 Å². The summed E-state index contributed by atoms with van der Waals surface area (Å²) in [6, 6.07) is 3.74. The molecule has 32 heavy (non-hydrogen) atoms. The van der Waals surface area contributed by atoms with E-state index in [1.807, 2.05) is 13.0 Å². The van der Waals surface area contributed by atoms with Gasteiger partial charge in [0.05, 0.1) is 5.02 Å². The highest BCUT2D eigenvalue weighted by atomic mass is 35.5. The molecule has 0 radical (unpaired) electrons. The Morgan fingerprint density at radius 1 is 1.38 bits per heavy atom. The Bertz CT molecular complexity index is 1080. The summed E-state index contributed by atoms with van der Waals surface area (Å²) in [6.07, 6.45) is 7.17. The van der Waals surface area contributed by atoms with Crippen LogP contribution in [0, 0.1) is 30.1 Å². The lowest BCUT2D eigenvalue weighted by molar-refractivity contribution is -0.129. The van der Waals surface area contributed by atoms with Crippen molar-refractivity contribution in [2.75, 3.05) is 5.32 Å². The number of carbonyl (C=O) groups is 2. The Morgan fingerprint density at radius 3 is 2.94 bits per heavy atom. The molecule has 1 amide bonds. The van der Waals surface area contributed by atoms with E-state index in [9.17, 15) is 14.7 Å². The molecule has 5 rings (SSSR count). The van der Waals surface area contributed by atoms with Gasteiger partial charge in [0.25, 0.3) is 0 Å². The summed E-state index contributed by atoms with van der Waals surface area (Å²) in [7, 11) is 0. The van der Waals surface area contributed by atoms with Crippen molar-refractivity contribution in [1.29, 1.82) is 0 Å². The molecule has 5 atom stereocenters. The summed E-state index contributed by atoms with van der Waals surface area (Å²) in [5, 5.41) is 14.1. The number of hydrogen-bond donors (Lipinski definition) is 2. The number of thiazole rings is 1. The molecule has 2 fully saturated rings. The first-order chi connectivity index (χ1) is 15.3. The summed E-state index contributed by atoms with van der Waals surface area (Å²) in [4.78, 5) is 31.0. The monoisotopic (exact) mass is 472 g/mol. The van der Waals surface area contributed by atoms with Crippen LogP contribution in [0.3, 0.4) is 0 Å². The first kappa shape index (κ1) is 21.9. The largest absolute Gasteiger partial charge is 0.506 e. The van der Waals surface area contributed by atoms with E-state index in [-0.39, 0.29) is 23.0 Å². The topological polar surface area (TPSA) is 79.3 Å². The van der Waals surface area contributed by atoms with Gasteiger partial charge in [0, 0.05) is 29.3 Å². The van der Waals surface area contributed by atoms with Crippen molar-refractivity contribution in [2.45, 2.75) is 64.7 Å². The number of hydrogen-bond acceptors (Lipinski definition) is 5. The Morgan fingerprint density at radius 2 is 2.19 bits per heavy atom. The zero-order valence-electron chi connectivity index (χ0n) is 18.5. The number of phenols is 1. The molecular weight excluding hydrogens is 444 g/mol. The van der Waals surface area contributed by atoms with Crippen molar-refractivity contribution in [2.24, 2.45) is 23.2 Å². The maximum atomic E-state index is 13.1. The second-order valence-corrected chi connectivity index (χ2v) is 11.6. The summed E-state index contributed by atoms with van der Waals surface area (Å²) in [5.74, 6) is 1.82. The van der Waals surface area contributed by atoms with Crippen LogP contribution in [-0.4, -0.2) is 21.8 Å². The van der Waals surface area contributed by atoms with E-state index in [2.05, 4.69) is 17.2 Å². The van der Waals surface area contributed by atoms with Gasteiger partial charge in [-0.05, 0) is 79.9 Å². The van der Waals surface area contributed by atoms with E-state index in [1.165, 1.54) is 16.9 Å². The van der Waals surface area contributed by atoms with Crippen molar-refractivity contribution in [3.8, 4) is 5.75 Å². The first-order valence-electron chi connectivity index (χ1n) is 11.5. The molecule has 3 aliphatic rings. The average molecular weight is 473 g/mol. The standard InChI is InChI=1S/C25H29ClN2O3S/c1-13-12-27-24(32-13)28-21(31)8-3-14-11-20(30)25(2)10-9-16-15-6-7-19(29)23(26)18(15)5-4-17(16)22(14)25/h6-7,12,14,16-17,22,29H,3-5,8-11H2,1-2H3,(H,27,28,31)/t14-,16-,17-,22+,25-/m1/s1. The summed E-state index contributed by atoms with van der Waals surface area (Å²) < 4.78 is 0. The Kier molecular flexibility index (Phi) is 5.57. The second-order valence-electron chi connectivity index (χ2n) is 10.0. The molecule has 2 saturated carbocycles. The maximum Gasteiger partial charge on any atom is 0.226 e. The number of fused-ring (bicyclic) bond motifs is 5. The lowest BCUT2D eigenvalue weighted by Gasteiger charge is -2.50. The number of ketones is 1. The van der Waals surface area contributed by atoms with Gasteiger partial charge in [-0.25, -0.2) is 4.98 Å². The van der Waals surface area contributed by atoms with Crippen LogP contribution in [0.1, 0.15) is 67.4 Å². The molecular formula is C25H29ClN2O3S. The van der Waals surface area contributed by atoms with Crippen LogP contribution < -0.4 is 5.32 Å². The molecule has 7 heteroatoms. The number of phenolic OH excluding ortho intramolecular Hbond substituents is 1. The Balaban J connectivity index is 1.35. The van der Waals surface area contributed by atoms with Gasteiger partial charge in [0.1, 0.15) is 11.5 Å². The normalized spacial score (nSPS) is 31.0. The fourth-order valence-electron chi connectivity index (χ4n) is 6.85. The summed E-state index contributed by atoms with van der Waals surface area (Å²) in [5.41, 5.74) is 2.05. The minimum atomic E-state index is -0.285. The number of aryl methyl sites for hydroxylation is 1. The Hall–Kier alpha value is -1.92. The molecule has 1 aromatic heterocycles. The van der Waals surface area contributed by atoms with E-state index in [0.29, 0.717) is 46.5 Å². The second kappa shape index (κ2) is 8.14. The number of Topliss-reactive ketones (excluding diaryl/α,β-unsaturated/α-hetero) is 1. The predicted molar refractivity (Wildman–Crippen MR) is 126 cm³/mol. The van der Waals surface area contributed by atoms with Gasteiger partial charge in [-0.3, -0.25) is 9.59 Å². The number of carbonyl (C=O) groups excluding carboxylic acids is 2. The minimum Gasteiger partial charge on any atom is -0.506 e. The molecule has 2 N–H and O–H groups in total. The predicted octanol–water partition coefficient (Wildman–Crippen LogP) is 5.88. The highest BCUT2D eigenvalue weighted by molar-refractivity contribution is 7.15. The third-order valence-corrected chi connectivity index (χ3v) is 9.53. The van der Waals surface area contributed by atoms with Crippen molar-refractivity contribution < 1.29 is 14.7 Å². The first-order valence-corrected chi connectivity index (χ1v) is 12.7. The van der Waals surface area contributed by atoms with Gasteiger partial charge in [-0.1, -0.05) is 24.6 Å². The van der Waals surface area contributed by atoms with Crippen molar-refractivity contribution >= 4 is 39.8 Å². The van der Waals surface area contributed by atoms with E-state index in [4.69, 9.17) is 11.6 Å². The number of nitrogens with zero attached hydrogens (tertiary/aromatic N) is 1. The molecule has 2 aromatic rings. The van der Waals surface area contributed by atoms with Crippen LogP contribution in [0.5, 0.6) is 5.75 Å².